The Balaban J connectivity index is 1.42. The van der Waals surface area contributed by atoms with Gasteiger partial charge in [-0.15, -0.1) is 0 Å². The van der Waals surface area contributed by atoms with Crippen LogP contribution in [-0.4, -0.2) is 58.9 Å². The molecule has 0 spiro atoms. The number of halogens is 1. The van der Waals surface area contributed by atoms with Crippen molar-refractivity contribution in [3.63, 3.8) is 0 Å². The van der Waals surface area contributed by atoms with Crippen molar-refractivity contribution in [1.82, 2.24) is 34.9 Å². The molecule has 0 unspecified atom stereocenters. The number of nitrogens with one attached hydrogen (secondary N) is 3. The van der Waals surface area contributed by atoms with Crippen LogP contribution in [0.2, 0.25) is 0 Å². The number of aromatic nitrogens is 6. The van der Waals surface area contributed by atoms with E-state index < -0.39 is 15.8 Å². The summed E-state index contributed by atoms with van der Waals surface area (Å²) in [5.41, 5.74) is 7.30. The molecule has 6 rings (SSSR count). The van der Waals surface area contributed by atoms with Gasteiger partial charge in [0.25, 0.3) is 0 Å². The molecule has 0 radical (unpaired) electrons. The van der Waals surface area contributed by atoms with Gasteiger partial charge in [0.05, 0.1) is 40.9 Å². The number of sulfonamides is 1. The van der Waals surface area contributed by atoms with Crippen molar-refractivity contribution in [2.24, 2.45) is 0 Å². The first-order valence-corrected chi connectivity index (χ1v) is 14.2. The first-order chi connectivity index (χ1) is 19.1. The fraction of sp³-hybridized carbons (Fsp3) is 0.143. The van der Waals surface area contributed by atoms with Gasteiger partial charge in [0.15, 0.2) is 5.82 Å². The predicted octanol–water partition coefficient (Wildman–Crippen LogP) is 4.48. The Labute approximate surface area is 229 Å². The Morgan fingerprint density at radius 2 is 1.75 bits per heavy atom. The molecular formula is C28H25FN8O2S. The van der Waals surface area contributed by atoms with Crippen LogP contribution in [0.4, 0.5) is 10.1 Å². The smallest absolute Gasteiger partial charge is 0.209 e. The van der Waals surface area contributed by atoms with Gasteiger partial charge in [-0.25, -0.2) is 22.5 Å². The van der Waals surface area contributed by atoms with Crippen molar-refractivity contribution >= 4 is 37.6 Å². The van der Waals surface area contributed by atoms with Gasteiger partial charge in [-0.2, -0.15) is 5.10 Å². The van der Waals surface area contributed by atoms with Crippen molar-refractivity contribution in [2.75, 3.05) is 25.3 Å². The summed E-state index contributed by atoms with van der Waals surface area (Å²) in [6, 6.07) is 12.5. The van der Waals surface area contributed by atoms with E-state index >= 15 is 0 Å². The molecule has 0 aliphatic rings. The summed E-state index contributed by atoms with van der Waals surface area (Å²) in [4.78, 5) is 18.8. The predicted molar refractivity (Wildman–Crippen MR) is 154 cm³/mol. The summed E-state index contributed by atoms with van der Waals surface area (Å²) in [5, 5.41) is 8.48. The van der Waals surface area contributed by atoms with Crippen molar-refractivity contribution < 1.29 is 12.8 Å². The molecule has 2 aromatic carbocycles. The Hall–Kier alpha value is -4.68. The maximum atomic E-state index is 14.5. The zero-order valence-corrected chi connectivity index (χ0v) is 22.7. The topological polar surface area (TPSA) is 133 Å². The number of imidazole rings is 1. The van der Waals surface area contributed by atoms with Crippen molar-refractivity contribution in [1.29, 1.82) is 0 Å². The molecule has 0 bridgehead atoms. The van der Waals surface area contributed by atoms with E-state index in [1.54, 1.807) is 18.5 Å². The fourth-order valence-corrected chi connectivity index (χ4v) is 5.01. The summed E-state index contributed by atoms with van der Waals surface area (Å²) in [6.45, 7) is -0.0343. The van der Waals surface area contributed by atoms with Crippen molar-refractivity contribution in [3.05, 3.63) is 78.6 Å². The quantitative estimate of drug-likeness (QED) is 0.264. The lowest BCUT2D eigenvalue weighted by molar-refractivity contribution is 0.586. The van der Waals surface area contributed by atoms with Crippen LogP contribution in [0.3, 0.4) is 0 Å². The van der Waals surface area contributed by atoms with Crippen LogP contribution in [0.25, 0.3) is 55.7 Å². The maximum Gasteiger partial charge on any atom is 0.209 e. The highest BCUT2D eigenvalue weighted by Crippen LogP contribution is 2.33. The van der Waals surface area contributed by atoms with E-state index in [4.69, 9.17) is 4.98 Å². The third-order valence-electron chi connectivity index (χ3n) is 6.56. The van der Waals surface area contributed by atoms with Crippen LogP contribution in [-0.2, 0) is 16.6 Å². The number of hydrogen-bond donors (Lipinski definition) is 3. The third-order valence-corrected chi connectivity index (χ3v) is 7.23. The summed E-state index contributed by atoms with van der Waals surface area (Å²) in [6.07, 6.45) is 7.96. The van der Waals surface area contributed by atoms with Gasteiger partial charge in [-0.3, -0.25) is 15.1 Å². The Bertz CT molecular complexity index is 2000. The van der Waals surface area contributed by atoms with Crippen LogP contribution in [0.15, 0.2) is 67.3 Å². The molecule has 0 amide bonds. The maximum absolute atomic E-state index is 14.5. The number of hydrogen-bond acceptors (Lipinski definition) is 7. The Morgan fingerprint density at radius 3 is 2.55 bits per heavy atom. The van der Waals surface area contributed by atoms with Gasteiger partial charge in [0.1, 0.15) is 11.5 Å². The molecule has 4 heterocycles. The molecule has 40 heavy (non-hydrogen) atoms. The number of nitrogens with zero attached hydrogens (tertiary/aromatic N) is 5. The molecule has 4 aromatic heterocycles. The summed E-state index contributed by atoms with van der Waals surface area (Å²) in [5.74, 6) is 0.0393. The second kappa shape index (κ2) is 9.81. The number of anilines is 1. The molecule has 3 N–H and O–H groups in total. The van der Waals surface area contributed by atoms with Crippen molar-refractivity contribution in [3.8, 4) is 33.8 Å². The van der Waals surface area contributed by atoms with E-state index in [-0.39, 0.29) is 6.54 Å². The largest absolute Gasteiger partial charge is 0.376 e. The standard InChI is InChI=1S/C28H25FN8O2S/c1-37(2)21-9-19(12-30-13-21)17-4-5-24-22(10-17)27(36-35-24)28-33-25-15-31-14-23(26(25)34-28)18-6-16(7-20(29)8-18)11-32-40(3,38)39/h4-10,12-15,32H,11H2,1-3H3,(H,33,34)(H,35,36). The Kier molecular flexibility index (Phi) is 6.28. The molecule has 10 nitrogen and oxygen atoms in total. The van der Waals surface area contributed by atoms with Gasteiger partial charge < -0.3 is 9.88 Å². The molecule has 202 valence electrons. The minimum Gasteiger partial charge on any atom is -0.376 e. The number of pyridine rings is 2. The molecule has 0 atom stereocenters. The van der Waals surface area contributed by atoms with E-state index in [2.05, 4.69) is 35.9 Å². The van der Waals surface area contributed by atoms with Gasteiger partial charge in [0.2, 0.25) is 10.0 Å². The summed E-state index contributed by atoms with van der Waals surface area (Å²) >= 11 is 0. The van der Waals surface area contributed by atoms with Gasteiger partial charge in [-0.1, -0.05) is 6.07 Å². The van der Waals surface area contributed by atoms with Crippen molar-refractivity contribution in [2.45, 2.75) is 6.54 Å². The lowest BCUT2D eigenvalue weighted by Crippen LogP contribution is -2.21. The van der Waals surface area contributed by atoms with Crippen LogP contribution in [0, 0.1) is 5.82 Å². The van der Waals surface area contributed by atoms with Crippen LogP contribution in [0.5, 0.6) is 0 Å². The Morgan fingerprint density at radius 1 is 0.925 bits per heavy atom. The van der Waals surface area contributed by atoms with Crippen LogP contribution < -0.4 is 9.62 Å². The molecule has 6 aromatic rings. The highest BCUT2D eigenvalue weighted by Gasteiger charge is 2.17. The molecule has 0 aliphatic carbocycles. The van der Waals surface area contributed by atoms with Gasteiger partial charge >= 0.3 is 0 Å². The number of H-pyrrole nitrogens is 2. The van der Waals surface area contributed by atoms with Crippen LogP contribution in [0.1, 0.15) is 5.56 Å². The lowest BCUT2D eigenvalue weighted by Gasteiger charge is -2.13. The highest BCUT2D eigenvalue weighted by atomic mass is 32.2. The zero-order valence-electron chi connectivity index (χ0n) is 21.9. The minimum absolute atomic E-state index is 0.0343. The normalized spacial score (nSPS) is 11.9. The van der Waals surface area contributed by atoms with E-state index in [1.165, 1.54) is 12.1 Å². The summed E-state index contributed by atoms with van der Waals surface area (Å²) in [7, 11) is 0.513. The first-order valence-electron chi connectivity index (χ1n) is 12.3. The lowest BCUT2D eigenvalue weighted by atomic mass is 10.0. The third kappa shape index (κ3) is 5.01. The molecule has 0 saturated heterocycles. The number of fused-ring (bicyclic) bond motifs is 2. The molecule has 12 heteroatoms. The average Bonchev–Trinajstić information content (AvgIpc) is 3.55. The second-order valence-corrected chi connectivity index (χ2v) is 11.6. The first kappa shape index (κ1) is 25.6. The number of rotatable bonds is 7. The minimum atomic E-state index is -3.43. The average molecular weight is 557 g/mol. The van der Waals surface area contributed by atoms with E-state index in [0.29, 0.717) is 39.2 Å². The SMILES string of the molecule is CN(C)c1cncc(-c2ccc3[nH]nc(-c4nc5c(-c6cc(F)cc(CNS(C)(=O)=O)c6)cncc5[nH]4)c3c2)c1. The zero-order chi connectivity index (χ0) is 28.0. The fourth-order valence-electron chi connectivity index (χ4n) is 4.58. The van der Waals surface area contributed by atoms with Crippen LogP contribution >= 0.6 is 0 Å². The van der Waals surface area contributed by atoms with E-state index in [9.17, 15) is 12.8 Å². The molecule has 0 fully saturated rings. The highest BCUT2D eigenvalue weighted by molar-refractivity contribution is 7.88. The van der Waals surface area contributed by atoms with Gasteiger partial charge in [0, 0.05) is 49.5 Å². The monoisotopic (exact) mass is 556 g/mol. The van der Waals surface area contributed by atoms with Gasteiger partial charge in [-0.05, 0) is 53.1 Å². The summed E-state index contributed by atoms with van der Waals surface area (Å²) < 4.78 is 40.0. The molecule has 0 aliphatic heterocycles. The van der Waals surface area contributed by atoms with E-state index in [1.807, 2.05) is 49.6 Å². The second-order valence-electron chi connectivity index (χ2n) is 9.77. The number of benzene rings is 2. The molecule has 0 saturated carbocycles. The molecular weight excluding hydrogens is 531 g/mol. The van der Waals surface area contributed by atoms with E-state index in [0.717, 1.165) is 34.0 Å². The number of aromatic amines is 2.